The number of rotatable bonds is 9. The minimum Gasteiger partial charge on any atom is -0.386 e. The molecule has 4 N–H and O–H groups in total. The topological polar surface area (TPSA) is 91.6 Å². The fourth-order valence-electron chi connectivity index (χ4n) is 5.23. The van der Waals surface area contributed by atoms with Crippen LogP contribution >= 0.6 is 0 Å². The van der Waals surface area contributed by atoms with Crippen molar-refractivity contribution in [3.05, 3.63) is 76.5 Å². The van der Waals surface area contributed by atoms with E-state index in [9.17, 15) is 18.0 Å². The van der Waals surface area contributed by atoms with Crippen LogP contribution in [-0.4, -0.2) is 68.3 Å². The summed E-state index contributed by atoms with van der Waals surface area (Å²) >= 11 is 0. The average Bonchev–Trinajstić information content (AvgIpc) is 3.40. The van der Waals surface area contributed by atoms with Crippen LogP contribution < -0.4 is 26.0 Å². The highest BCUT2D eigenvalue weighted by Crippen LogP contribution is 2.39. The van der Waals surface area contributed by atoms with Crippen LogP contribution in [0.4, 0.5) is 34.6 Å². The Bertz CT molecular complexity index is 1480. The van der Waals surface area contributed by atoms with E-state index in [1.807, 2.05) is 34.1 Å². The molecule has 4 rings (SSSR count). The van der Waals surface area contributed by atoms with Crippen molar-refractivity contribution in [1.82, 2.24) is 25.8 Å². The van der Waals surface area contributed by atoms with E-state index in [0.29, 0.717) is 37.7 Å². The zero-order valence-corrected chi connectivity index (χ0v) is 25.2. The number of hydrogen-bond acceptors (Lipinski definition) is 7. The summed E-state index contributed by atoms with van der Waals surface area (Å²) in [7, 11) is 7.39. The molecule has 1 amide bonds. The van der Waals surface area contributed by atoms with Crippen LogP contribution in [0.15, 0.2) is 42.7 Å². The van der Waals surface area contributed by atoms with Crippen LogP contribution in [0.3, 0.4) is 0 Å². The van der Waals surface area contributed by atoms with E-state index in [1.165, 1.54) is 6.07 Å². The molecule has 3 aromatic rings. The number of nitrogens with one attached hydrogen (secondary N) is 4. The first-order valence-electron chi connectivity index (χ1n) is 13.9. The molecule has 1 saturated heterocycles. The predicted molar refractivity (Wildman–Crippen MR) is 161 cm³/mol. The predicted octanol–water partition coefficient (Wildman–Crippen LogP) is 5.13. The maximum Gasteiger partial charge on any atom is 0.419 e. The number of hydrogen-bond donors (Lipinski definition) is 4. The van der Waals surface area contributed by atoms with Gasteiger partial charge in [-0.3, -0.25) is 14.9 Å². The van der Waals surface area contributed by atoms with Crippen molar-refractivity contribution in [2.45, 2.75) is 38.9 Å². The molecule has 9 nitrogen and oxygen atoms in total. The smallest absolute Gasteiger partial charge is 0.386 e. The van der Waals surface area contributed by atoms with E-state index in [4.69, 9.17) is 0 Å². The van der Waals surface area contributed by atoms with E-state index in [1.54, 1.807) is 48.4 Å². The molecule has 0 radical (unpaired) electrons. The monoisotopic (exact) mass is 602 g/mol. The first-order valence-corrected chi connectivity index (χ1v) is 13.9. The number of hydrazine groups is 1. The molecule has 0 spiro atoms. The molecule has 0 saturated carbocycles. The summed E-state index contributed by atoms with van der Waals surface area (Å²) in [4.78, 5) is 17.0. The standard InChI is InChI=1S/C30H38F4N8O/c1-18-7-8-20(13-26(18)42(36-4)17-25(35-3)23-16-37-39-19(23)2)29(43)38-21-14-24(30(32,33)34)28(31)27(15-21)41-11-9-22(10-12-41)40(5)6/h7-8,13-17,22,35-36H,9-12H2,1-6H3,(H,37,39)(H,38,43)/b25-17-. The normalized spacial score (nSPS) is 14.8. The Morgan fingerprint density at radius 2 is 1.81 bits per heavy atom. The Labute approximate surface area is 248 Å². The molecule has 1 aliphatic heterocycles. The van der Waals surface area contributed by atoms with Crippen LogP contribution in [0.25, 0.3) is 5.70 Å². The fraction of sp³-hybridized carbons (Fsp3) is 0.400. The van der Waals surface area contributed by atoms with Gasteiger partial charge in [-0.05, 0) is 70.6 Å². The van der Waals surface area contributed by atoms with Crippen molar-refractivity contribution >= 4 is 28.7 Å². The van der Waals surface area contributed by atoms with Gasteiger partial charge in [-0.15, -0.1) is 0 Å². The largest absolute Gasteiger partial charge is 0.419 e. The molecule has 1 aliphatic rings. The number of aryl methyl sites for hydroxylation is 2. The van der Waals surface area contributed by atoms with Crippen LogP contribution in [0.5, 0.6) is 0 Å². The number of amides is 1. The van der Waals surface area contributed by atoms with Gasteiger partial charge in [-0.2, -0.15) is 18.3 Å². The highest BCUT2D eigenvalue weighted by Gasteiger charge is 2.37. The van der Waals surface area contributed by atoms with Crippen molar-refractivity contribution in [3.63, 3.8) is 0 Å². The molecular formula is C30H38F4N8O. The number of H-pyrrole nitrogens is 1. The molecule has 2 heterocycles. The number of piperidine rings is 1. The Morgan fingerprint density at radius 3 is 2.37 bits per heavy atom. The van der Waals surface area contributed by atoms with Gasteiger partial charge in [0.15, 0.2) is 5.82 Å². The van der Waals surface area contributed by atoms with E-state index >= 15 is 4.39 Å². The van der Waals surface area contributed by atoms with E-state index in [0.717, 1.165) is 22.5 Å². The molecule has 43 heavy (non-hydrogen) atoms. The SMILES string of the molecule is CN/C(=C\N(NC)c1cc(C(=O)Nc2cc(N3CCC(N(C)C)CC3)c(F)c(C(F)(F)F)c2)ccc1C)c1cn[nH]c1C. The Balaban J connectivity index is 1.64. The van der Waals surface area contributed by atoms with E-state index in [2.05, 4.69) is 31.2 Å². The number of aromatic amines is 1. The quantitative estimate of drug-likeness (QED) is 0.200. The van der Waals surface area contributed by atoms with Crippen LogP contribution in [0, 0.1) is 19.7 Å². The molecule has 0 bridgehead atoms. The molecule has 0 aliphatic carbocycles. The van der Waals surface area contributed by atoms with Gasteiger partial charge in [0.1, 0.15) is 0 Å². The lowest BCUT2D eigenvalue weighted by molar-refractivity contribution is -0.139. The van der Waals surface area contributed by atoms with Gasteiger partial charge in [0.25, 0.3) is 5.91 Å². The second-order valence-electron chi connectivity index (χ2n) is 10.8. The van der Waals surface area contributed by atoms with Crippen molar-refractivity contribution in [2.24, 2.45) is 0 Å². The van der Waals surface area contributed by atoms with Crippen LogP contribution in [0.1, 0.15) is 45.6 Å². The Kier molecular flexibility index (Phi) is 9.65. The van der Waals surface area contributed by atoms with Gasteiger partial charge in [-0.1, -0.05) is 6.07 Å². The summed E-state index contributed by atoms with van der Waals surface area (Å²) in [5.41, 5.74) is 5.52. The lowest BCUT2D eigenvalue weighted by atomic mass is 10.0. The van der Waals surface area contributed by atoms with Crippen molar-refractivity contribution in [2.75, 3.05) is 56.5 Å². The fourth-order valence-corrected chi connectivity index (χ4v) is 5.23. The number of alkyl halides is 3. The summed E-state index contributed by atoms with van der Waals surface area (Å²) in [6.07, 6.45) is -0.0661. The van der Waals surface area contributed by atoms with Gasteiger partial charge in [0.05, 0.1) is 28.8 Å². The zero-order chi connectivity index (χ0) is 31.5. The van der Waals surface area contributed by atoms with Gasteiger partial charge < -0.3 is 20.4 Å². The summed E-state index contributed by atoms with van der Waals surface area (Å²) in [5, 5.41) is 14.4. The lowest BCUT2D eigenvalue weighted by Gasteiger charge is -2.37. The van der Waals surface area contributed by atoms with Crippen molar-refractivity contribution in [1.29, 1.82) is 0 Å². The van der Waals surface area contributed by atoms with Gasteiger partial charge in [0.2, 0.25) is 0 Å². The molecular weight excluding hydrogens is 564 g/mol. The number of carbonyl (C=O) groups is 1. The summed E-state index contributed by atoms with van der Waals surface area (Å²) in [6, 6.07) is 7.16. The number of carbonyl (C=O) groups excluding carboxylic acids is 1. The van der Waals surface area contributed by atoms with E-state index < -0.39 is 23.5 Å². The minimum atomic E-state index is -4.93. The lowest BCUT2D eigenvalue weighted by Crippen LogP contribution is -2.42. The first kappa shape index (κ1) is 31.8. The highest BCUT2D eigenvalue weighted by molar-refractivity contribution is 6.05. The first-order chi connectivity index (χ1) is 20.3. The molecule has 1 fully saturated rings. The Hall–Kier alpha value is -4.10. The van der Waals surface area contributed by atoms with Crippen LogP contribution in [0.2, 0.25) is 0 Å². The number of benzene rings is 2. The maximum atomic E-state index is 15.2. The summed E-state index contributed by atoms with van der Waals surface area (Å²) < 4.78 is 56.9. The molecule has 13 heteroatoms. The Morgan fingerprint density at radius 1 is 1.12 bits per heavy atom. The molecule has 2 aromatic carbocycles. The molecule has 0 atom stereocenters. The molecule has 1 aromatic heterocycles. The third kappa shape index (κ3) is 7.11. The molecule has 232 valence electrons. The van der Waals surface area contributed by atoms with Crippen molar-refractivity contribution in [3.8, 4) is 0 Å². The van der Waals surface area contributed by atoms with Gasteiger partial charge in [-0.25, -0.2) is 9.82 Å². The van der Waals surface area contributed by atoms with Gasteiger partial charge in [0, 0.05) is 61.9 Å². The second-order valence-corrected chi connectivity index (χ2v) is 10.8. The summed E-state index contributed by atoms with van der Waals surface area (Å²) in [6.45, 7) is 4.56. The number of nitrogens with zero attached hydrogens (tertiary/aromatic N) is 4. The molecule has 0 unspecified atom stereocenters. The summed E-state index contributed by atoms with van der Waals surface area (Å²) in [5.74, 6) is -1.96. The van der Waals surface area contributed by atoms with Crippen molar-refractivity contribution < 1.29 is 22.4 Å². The average molecular weight is 603 g/mol. The third-order valence-corrected chi connectivity index (χ3v) is 7.77. The van der Waals surface area contributed by atoms with Crippen LogP contribution in [-0.2, 0) is 6.18 Å². The third-order valence-electron chi connectivity index (χ3n) is 7.77. The number of anilines is 3. The second kappa shape index (κ2) is 13.0. The maximum absolute atomic E-state index is 15.2. The zero-order valence-electron chi connectivity index (χ0n) is 25.2. The minimum absolute atomic E-state index is 0.135. The van der Waals surface area contributed by atoms with Gasteiger partial charge >= 0.3 is 6.18 Å². The highest BCUT2D eigenvalue weighted by atomic mass is 19.4. The number of aromatic nitrogens is 2. The number of halogens is 4. The van der Waals surface area contributed by atoms with E-state index in [-0.39, 0.29) is 23.0 Å².